The first-order valence-corrected chi connectivity index (χ1v) is 8.62. The van der Waals surface area contributed by atoms with Gasteiger partial charge in [-0.3, -0.25) is 0 Å². The van der Waals surface area contributed by atoms with E-state index in [9.17, 15) is 0 Å². The fourth-order valence-corrected chi connectivity index (χ4v) is 3.81. The summed E-state index contributed by atoms with van der Waals surface area (Å²) in [6, 6.07) is 14.9. The molecule has 1 heterocycles. The number of anilines is 1. The van der Waals surface area contributed by atoms with Crippen LogP contribution in [-0.4, -0.2) is 17.8 Å². The van der Waals surface area contributed by atoms with Gasteiger partial charge in [0.25, 0.3) is 0 Å². The van der Waals surface area contributed by atoms with Gasteiger partial charge in [0.1, 0.15) is 4.99 Å². The molecule has 0 spiro atoms. The molecule has 21 heavy (non-hydrogen) atoms. The molecule has 1 aliphatic rings. The van der Waals surface area contributed by atoms with Gasteiger partial charge in [-0.05, 0) is 35.9 Å². The number of benzene rings is 2. The van der Waals surface area contributed by atoms with E-state index in [1.54, 1.807) is 11.8 Å². The van der Waals surface area contributed by atoms with Gasteiger partial charge in [0.2, 0.25) is 0 Å². The van der Waals surface area contributed by atoms with Gasteiger partial charge >= 0.3 is 0 Å². The second-order valence-electron chi connectivity index (χ2n) is 5.16. The topological polar surface area (TPSA) is 29.3 Å². The zero-order valence-electron chi connectivity index (χ0n) is 12.0. The van der Waals surface area contributed by atoms with Gasteiger partial charge in [-0.1, -0.05) is 42.5 Å². The van der Waals surface area contributed by atoms with Crippen molar-refractivity contribution in [3.63, 3.8) is 0 Å². The second kappa shape index (κ2) is 6.08. The van der Waals surface area contributed by atoms with E-state index < -0.39 is 0 Å². The van der Waals surface area contributed by atoms with E-state index >= 15 is 0 Å². The Morgan fingerprint density at radius 1 is 1.14 bits per heavy atom. The van der Waals surface area contributed by atoms with Crippen LogP contribution < -0.4 is 10.6 Å². The molecule has 2 aromatic rings. The first-order valence-electron chi connectivity index (χ1n) is 6.99. The van der Waals surface area contributed by atoms with Crippen LogP contribution in [0.4, 0.5) is 5.69 Å². The van der Waals surface area contributed by atoms with Crippen molar-refractivity contribution < 1.29 is 0 Å². The van der Waals surface area contributed by atoms with E-state index in [4.69, 9.17) is 18.0 Å². The lowest BCUT2D eigenvalue weighted by atomic mass is 9.98. The average molecular weight is 314 g/mol. The number of nitrogens with zero attached hydrogens (tertiary/aromatic N) is 1. The molecule has 4 heteroatoms. The van der Waals surface area contributed by atoms with Gasteiger partial charge in [-0.15, -0.1) is 11.8 Å². The maximum Gasteiger partial charge on any atom is 0.107 e. The van der Waals surface area contributed by atoms with Crippen molar-refractivity contribution in [3.05, 3.63) is 59.2 Å². The van der Waals surface area contributed by atoms with E-state index in [1.165, 1.54) is 11.1 Å². The van der Waals surface area contributed by atoms with Crippen LogP contribution >= 0.6 is 24.0 Å². The lowest BCUT2D eigenvalue weighted by Crippen LogP contribution is -2.32. The lowest BCUT2D eigenvalue weighted by molar-refractivity contribution is 0.730. The number of thioether (sulfide) groups is 1. The van der Waals surface area contributed by atoms with Crippen LogP contribution in [0.2, 0.25) is 0 Å². The van der Waals surface area contributed by atoms with Crippen molar-refractivity contribution in [3.8, 4) is 0 Å². The van der Waals surface area contributed by atoms with E-state index in [1.807, 2.05) is 0 Å². The molecule has 108 valence electrons. The van der Waals surface area contributed by atoms with Crippen molar-refractivity contribution >= 4 is 34.7 Å². The highest BCUT2D eigenvalue weighted by atomic mass is 32.2. The molecule has 0 saturated carbocycles. The third-order valence-electron chi connectivity index (χ3n) is 3.94. The Morgan fingerprint density at radius 3 is 2.62 bits per heavy atom. The molecule has 0 aliphatic carbocycles. The normalized spacial score (nSPS) is 13.9. The monoisotopic (exact) mass is 314 g/mol. The smallest absolute Gasteiger partial charge is 0.107 e. The van der Waals surface area contributed by atoms with Gasteiger partial charge in [0, 0.05) is 29.2 Å². The number of thiocarbonyl (C=S) groups is 1. The first-order chi connectivity index (χ1) is 10.2. The minimum atomic E-state index is 0.480. The SMILES string of the molecule is CSc1cccc(N2CCc3ccccc3C2)c1C(N)=S. The van der Waals surface area contributed by atoms with E-state index in [-0.39, 0.29) is 0 Å². The molecule has 0 fully saturated rings. The summed E-state index contributed by atoms with van der Waals surface area (Å²) in [7, 11) is 0. The van der Waals surface area contributed by atoms with Crippen LogP contribution in [0.1, 0.15) is 16.7 Å². The molecule has 2 aromatic carbocycles. The van der Waals surface area contributed by atoms with Crippen molar-refractivity contribution in [2.45, 2.75) is 17.9 Å². The summed E-state index contributed by atoms with van der Waals surface area (Å²) in [6.07, 6.45) is 3.13. The number of hydrogen-bond acceptors (Lipinski definition) is 3. The Kier molecular flexibility index (Phi) is 4.17. The van der Waals surface area contributed by atoms with Crippen molar-refractivity contribution in [1.82, 2.24) is 0 Å². The molecule has 1 aliphatic heterocycles. The van der Waals surface area contributed by atoms with E-state index in [0.717, 1.165) is 35.7 Å². The van der Waals surface area contributed by atoms with Gasteiger partial charge in [-0.2, -0.15) is 0 Å². The third-order valence-corrected chi connectivity index (χ3v) is 4.93. The number of hydrogen-bond donors (Lipinski definition) is 1. The van der Waals surface area contributed by atoms with Crippen LogP contribution in [-0.2, 0) is 13.0 Å². The molecular weight excluding hydrogens is 296 g/mol. The molecule has 0 atom stereocenters. The molecule has 0 saturated heterocycles. The van der Waals surface area contributed by atoms with Crippen LogP contribution in [0.5, 0.6) is 0 Å². The van der Waals surface area contributed by atoms with E-state index in [0.29, 0.717) is 4.99 Å². The minimum absolute atomic E-state index is 0.480. The summed E-state index contributed by atoms with van der Waals surface area (Å²) in [4.78, 5) is 4.02. The molecule has 0 aromatic heterocycles. The Morgan fingerprint density at radius 2 is 1.90 bits per heavy atom. The van der Waals surface area contributed by atoms with Gasteiger partial charge in [0.15, 0.2) is 0 Å². The first kappa shape index (κ1) is 14.4. The molecule has 3 rings (SSSR count). The van der Waals surface area contributed by atoms with Crippen LogP contribution in [0.25, 0.3) is 0 Å². The highest BCUT2D eigenvalue weighted by Crippen LogP contribution is 2.32. The Bertz CT molecular complexity index is 682. The molecule has 0 bridgehead atoms. The van der Waals surface area contributed by atoms with E-state index in [2.05, 4.69) is 53.6 Å². The second-order valence-corrected chi connectivity index (χ2v) is 6.45. The fraction of sp³-hybridized carbons (Fsp3) is 0.235. The van der Waals surface area contributed by atoms with Crippen LogP contribution in [0.3, 0.4) is 0 Å². The van der Waals surface area contributed by atoms with Gasteiger partial charge in [0.05, 0.1) is 0 Å². The average Bonchev–Trinajstić information content (AvgIpc) is 2.53. The number of rotatable bonds is 3. The van der Waals surface area contributed by atoms with Crippen molar-refractivity contribution in [2.75, 3.05) is 17.7 Å². The summed E-state index contributed by atoms with van der Waals surface area (Å²) in [5.41, 5.74) is 11.0. The van der Waals surface area contributed by atoms with Gasteiger partial charge in [-0.25, -0.2) is 0 Å². The standard InChI is InChI=1S/C17H18N2S2/c1-21-15-8-4-7-14(16(15)17(18)20)19-10-9-12-5-2-3-6-13(12)11-19/h2-8H,9-11H2,1H3,(H2,18,20). The lowest BCUT2D eigenvalue weighted by Gasteiger charge is -2.32. The molecule has 0 unspecified atom stereocenters. The summed E-state index contributed by atoms with van der Waals surface area (Å²) < 4.78 is 0. The number of nitrogens with two attached hydrogens (primary N) is 1. The fourth-order valence-electron chi connectivity index (χ4n) is 2.90. The largest absolute Gasteiger partial charge is 0.389 e. The zero-order chi connectivity index (χ0) is 14.8. The zero-order valence-corrected chi connectivity index (χ0v) is 13.6. The molecule has 0 amide bonds. The summed E-state index contributed by atoms with van der Waals surface area (Å²) in [5, 5.41) is 0. The summed E-state index contributed by atoms with van der Waals surface area (Å²) in [6.45, 7) is 1.92. The molecule has 2 N–H and O–H groups in total. The maximum atomic E-state index is 5.98. The Labute approximate surface area is 135 Å². The predicted molar refractivity (Wildman–Crippen MR) is 95.3 cm³/mol. The minimum Gasteiger partial charge on any atom is -0.389 e. The van der Waals surface area contributed by atoms with Gasteiger partial charge < -0.3 is 10.6 Å². The van der Waals surface area contributed by atoms with Crippen molar-refractivity contribution in [1.29, 1.82) is 0 Å². The molecule has 2 nitrogen and oxygen atoms in total. The van der Waals surface area contributed by atoms with Crippen molar-refractivity contribution in [2.24, 2.45) is 5.73 Å². The molecule has 0 radical (unpaired) electrons. The summed E-state index contributed by atoms with van der Waals surface area (Å²) >= 11 is 6.98. The Balaban J connectivity index is 2.01. The highest BCUT2D eigenvalue weighted by molar-refractivity contribution is 7.98. The Hall–Kier alpha value is -1.52. The highest BCUT2D eigenvalue weighted by Gasteiger charge is 2.20. The third kappa shape index (κ3) is 2.78. The van der Waals surface area contributed by atoms with Crippen LogP contribution in [0.15, 0.2) is 47.4 Å². The quantitative estimate of drug-likeness (QED) is 0.692. The summed E-state index contributed by atoms with van der Waals surface area (Å²) in [5.74, 6) is 0. The predicted octanol–water partition coefficient (Wildman–Crippen LogP) is 3.61. The molecular formula is C17H18N2S2. The maximum absolute atomic E-state index is 5.98. The number of fused-ring (bicyclic) bond motifs is 1. The van der Waals surface area contributed by atoms with Crippen LogP contribution in [0, 0.1) is 0 Å².